The molecule has 1 aromatic heterocycles. The molecule has 0 saturated carbocycles. The van der Waals surface area contributed by atoms with Gasteiger partial charge in [0.25, 0.3) is 0 Å². The second-order valence-electron chi connectivity index (χ2n) is 4.70. The van der Waals surface area contributed by atoms with Gasteiger partial charge in [-0.2, -0.15) is 0 Å². The number of thiazole rings is 1. The number of nitrogens with zero attached hydrogens (tertiary/aromatic N) is 1. The number of aryl methyl sites for hydroxylation is 1. The maximum atomic E-state index is 12.0. The lowest BCUT2D eigenvalue weighted by Crippen LogP contribution is -2.19. The van der Waals surface area contributed by atoms with E-state index in [1.54, 1.807) is 48.0 Å². The Morgan fingerprint density at radius 2 is 1.73 bits per heavy atom. The minimum absolute atomic E-state index is 0.0298. The normalized spacial score (nSPS) is 10.6. The number of nitrogens with one attached hydrogen (secondary N) is 2. The number of hydrogen-bond donors (Lipinski definition) is 2. The molecule has 0 aliphatic carbocycles. The Kier molecular flexibility index (Phi) is 3.87. The van der Waals surface area contributed by atoms with Crippen LogP contribution in [-0.2, 0) is 7.05 Å². The topological polar surface area (TPSA) is 63.1 Å². The SMILES string of the molecule is Cn1c(=O)sc2cc(NC(=O)Nc3ccc(Cl)cc3)ccc21. The Labute approximate surface area is 135 Å². The van der Waals surface area contributed by atoms with Crippen LogP contribution in [0, 0.1) is 0 Å². The number of amides is 2. The molecule has 5 nitrogen and oxygen atoms in total. The summed E-state index contributed by atoms with van der Waals surface area (Å²) < 4.78 is 2.41. The van der Waals surface area contributed by atoms with Crippen LogP contribution in [0.3, 0.4) is 0 Å². The third-order valence-corrected chi connectivity index (χ3v) is 4.40. The molecule has 2 aromatic carbocycles. The molecule has 3 rings (SSSR count). The Morgan fingerprint density at radius 3 is 2.45 bits per heavy atom. The van der Waals surface area contributed by atoms with E-state index in [-0.39, 0.29) is 10.9 Å². The molecule has 0 aliphatic heterocycles. The van der Waals surface area contributed by atoms with Crippen molar-refractivity contribution in [1.82, 2.24) is 4.57 Å². The number of carbonyl (C=O) groups excluding carboxylic acids is 1. The van der Waals surface area contributed by atoms with Gasteiger partial charge in [-0.05, 0) is 42.5 Å². The molecule has 0 radical (unpaired) electrons. The number of anilines is 2. The first-order chi connectivity index (χ1) is 10.5. The van der Waals surface area contributed by atoms with Crippen LogP contribution in [0.1, 0.15) is 0 Å². The fourth-order valence-corrected chi connectivity index (χ4v) is 3.08. The highest BCUT2D eigenvalue weighted by Gasteiger charge is 2.07. The van der Waals surface area contributed by atoms with Crippen molar-refractivity contribution < 1.29 is 4.79 Å². The average molecular weight is 334 g/mol. The van der Waals surface area contributed by atoms with Gasteiger partial charge in [-0.3, -0.25) is 4.79 Å². The summed E-state index contributed by atoms with van der Waals surface area (Å²) in [4.78, 5) is 23.5. The van der Waals surface area contributed by atoms with E-state index in [2.05, 4.69) is 10.6 Å². The van der Waals surface area contributed by atoms with Gasteiger partial charge in [-0.25, -0.2) is 4.79 Å². The highest BCUT2D eigenvalue weighted by Crippen LogP contribution is 2.21. The molecule has 0 spiro atoms. The zero-order chi connectivity index (χ0) is 15.7. The first-order valence-corrected chi connectivity index (χ1v) is 7.65. The molecule has 112 valence electrons. The molecular weight excluding hydrogens is 322 g/mol. The van der Waals surface area contributed by atoms with Gasteiger partial charge < -0.3 is 15.2 Å². The van der Waals surface area contributed by atoms with Crippen molar-refractivity contribution in [2.24, 2.45) is 7.05 Å². The lowest BCUT2D eigenvalue weighted by molar-refractivity contribution is 0.262. The van der Waals surface area contributed by atoms with Crippen LogP contribution in [0.15, 0.2) is 47.3 Å². The van der Waals surface area contributed by atoms with Crippen LogP contribution in [-0.4, -0.2) is 10.6 Å². The number of halogens is 1. The molecule has 0 saturated heterocycles. The van der Waals surface area contributed by atoms with Gasteiger partial charge >= 0.3 is 10.9 Å². The Balaban J connectivity index is 1.76. The van der Waals surface area contributed by atoms with Crippen molar-refractivity contribution in [2.45, 2.75) is 0 Å². The minimum Gasteiger partial charge on any atom is -0.308 e. The first-order valence-electron chi connectivity index (χ1n) is 6.46. The minimum atomic E-state index is -0.357. The van der Waals surface area contributed by atoms with E-state index >= 15 is 0 Å². The molecule has 0 bridgehead atoms. The molecule has 0 unspecified atom stereocenters. The number of fused-ring (bicyclic) bond motifs is 1. The summed E-state index contributed by atoms with van der Waals surface area (Å²) in [5.74, 6) is 0. The highest BCUT2D eigenvalue weighted by molar-refractivity contribution is 7.16. The lowest BCUT2D eigenvalue weighted by Gasteiger charge is -2.08. The molecule has 0 atom stereocenters. The molecular formula is C15H12ClN3O2S. The van der Waals surface area contributed by atoms with E-state index in [0.29, 0.717) is 16.4 Å². The molecule has 2 amide bonds. The van der Waals surface area contributed by atoms with Crippen LogP contribution in [0.5, 0.6) is 0 Å². The van der Waals surface area contributed by atoms with Crippen LogP contribution in [0.25, 0.3) is 10.2 Å². The number of benzene rings is 2. The van der Waals surface area contributed by atoms with Crippen LogP contribution in [0.2, 0.25) is 5.02 Å². The van der Waals surface area contributed by atoms with Gasteiger partial charge in [-0.1, -0.05) is 22.9 Å². The van der Waals surface area contributed by atoms with Crippen molar-refractivity contribution in [3.8, 4) is 0 Å². The number of rotatable bonds is 2. The fourth-order valence-electron chi connectivity index (χ4n) is 2.04. The van der Waals surface area contributed by atoms with Crippen LogP contribution < -0.4 is 15.5 Å². The summed E-state index contributed by atoms with van der Waals surface area (Å²) >= 11 is 6.94. The molecule has 22 heavy (non-hydrogen) atoms. The standard InChI is InChI=1S/C15H12ClN3O2S/c1-19-12-7-6-11(8-13(12)22-15(19)21)18-14(20)17-10-4-2-9(16)3-5-10/h2-8H,1H3,(H2,17,18,20). The van der Waals surface area contributed by atoms with Gasteiger partial charge in [0.05, 0.1) is 10.2 Å². The number of carbonyl (C=O) groups is 1. The molecule has 0 aliphatic rings. The van der Waals surface area contributed by atoms with E-state index < -0.39 is 0 Å². The third kappa shape index (κ3) is 2.98. The van der Waals surface area contributed by atoms with E-state index in [4.69, 9.17) is 11.6 Å². The van der Waals surface area contributed by atoms with Gasteiger partial charge in [0.2, 0.25) is 0 Å². The molecule has 0 fully saturated rings. The average Bonchev–Trinajstić information content (AvgIpc) is 2.76. The van der Waals surface area contributed by atoms with Crippen molar-refractivity contribution >= 4 is 50.6 Å². The van der Waals surface area contributed by atoms with E-state index in [1.165, 1.54) is 0 Å². The lowest BCUT2D eigenvalue weighted by atomic mass is 10.3. The summed E-state index contributed by atoms with van der Waals surface area (Å²) in [7, 11) is 1.72. The molecule has 7 heteroatoms. The molecule has 3 aromatic rings. The predicted molar refractivity (Wildman–Crippen MR) is 91.2 cm³/mol. The second-order valence-corrected chi connectivity index (χ2v) is 6.13. The Bertz CT molecular complexity index is 899. The first kappa shape index (κ1) is 14.6. The quantitative estimate of drug-likeness (QED) is 0.747. The summed E-state index contributed by atoms with van der Waals surface area (Å²) in [6, 6.07) is 11.8. The van der Waals surface area contributed by atoms with Gasteiger partial charge in [0.1, 0.15) is 0 Å². The van der Waals surface area contributed by atoms with Gasteiger partial charge in [0.15, 0.2) is 0 Å². The van der Waals surface area contributed by atoms with Crippen molar-refractivity contribution in [1.29, 1.82) is 0 Å². The van der Waals surface area contributed by atoms with Crippen LogP contribution in [0.4, 0.5) is 16.2 Å². The maximum Gasteiger partial charge on any atom is 0.323 e. The van der Waals surface area contributed by atoms with E-state index in [0.717, 1.165) is 21.6 Å². The fraction of sp³-hybridized carbons (Fsp3) is 0.0667. The van der Waals surface area contributed by atoms with Gasteiger partial charge in [-0.15, -0.1) is 0 Å². The molecule has 2 N–H and O–H groups in total. The predicted octanol–water partition coefficient (Wildman–Crippen LogP) is 3.90. The zero-order valence-electron chi connectivity index (χ0n) is 11.6. The number of hydrogen-bond acceptors (Lipinski definition) is 3. The number of aromatic nitrogens is 1. The van der Waals surface area contributed by atoms with E-state index in [9.17, 15) is 9.59 Å². The third-order valence-electron chi connectivity index (χ3n) is 3.15. The van der Waals surface area contributed by atoms with Crippen molar-refractivity contribution in [3.05, 3.63) is 57.2 Å². The summed E-state index contributed by atoms with van der Waals surface area (Å²) in [6.07, 6.45) is 0. The van der Waals surface area contributed by atoms with E-state index in [1.807, 2.05) is 6.07 Å². The second kappa shape index (κ2) is 5.82. The highest BCUT2D eigenvalue weighted by atomic mass is 35.5. The summed E-state index contributed by atoms with van der Waals surface area (Å²) in [5.41, 5.74) is 2.12. The Hall–Kier alpha value is -2.31. The monoisotopic (exact) mass is 333 g/mol. The van der Waals surface area contributed by atoms with Crippen LogP contribution >= 0.6 is 22.9 Å². The van der Waals surface area contributed by atoms with Gasteiger partial charge in [0, 0.05) is 23.4 Å². The Morgan fingerprint density at radius 1 is 1.09 bits per heavy atom. The molecule has 1 heterocycles. The van der Waals surface area contributed by atoms with Crippen molar-refractivity contribution in [3.63, 3.8) is 0 Å². The summed E-state index contributed by atoms with van der Waals surface area (Å²) in [6.45, 7) is 0. The maximum absolute atomic E-state index is 12.0. The smallest absolute Gasteiger partial charge is 0.308 e. The largest absolute Gasteiger partial charge is 0.323 e. The van der Waals surface area contributed by atoms with Crippen molar-refractivity contribution in [2.75, 3.05) is 10.6 Å². The zero-order valence-corrected chi connectivity index (χ0v) is 13.2. The summed E-state index contributed by atoms with van der Waals surface area (Å²) in [5, 5.41) is 6.06. The number of urea groups is 1.